The van der Waals surface area contributed by atoms with Crippen molar-refractivity contribution in [2.75, 3.05) is 27.7 Å². The number of carbonyl (C=O) groups is 5. The average molecular weight is 782 g/mol. The lowest BCUT2D eigenvalue weighted by Gasteiger charge is -2.12. The molecule has 2 atom stereocenters. The Kier molecular flexibility index (Phi) is 34.6. The number of nitrogens with two attached hydrogens (primary N) is 1. The van der Waals surface area contributed by atoms with Gasteiger partial charge in [-0.05, 0) is 63.5 Å². The van der Waals surface area contributed by atoms with Crippen molar-refractivity contribution in [3.05, 3.63) is 23.8 Å². The number of ketones is 2. The van der Waals surface area contributed by atoms with Crippen LogP contribution in [0.4, 0.5) is 0 Å². The monoisotopic (exact) mass is 782 g/mol. The van der Waals surface area contributed by atoms with Crippen molar-refractivity contribution >= 4 is 54.6 Å². The van der Waals surface area contributed by atoms with E-state index >= 15 is 0 Å². The zero-order valence-corrected chi connectivity index (χ0v) is 33.3. The van der Waals surface area contributed by atoms with Crippen LogP contribution in [-0.4, -0.2) is 113 Å². The maximum absolute atomic E-state index is 12.5. The number of carbonyl (C=O) groups excluding carboxylic acids is 3. The van der Waals surface area contributed by atoms with Crippen LogP contribution in [-0.2, 0) is 19.2 Å². The Morgan fingerprint density at radius 1 is 0.618 bits per heavy atom. The molecule has 0 heterocycles. The molecule has 0 spiro atoms. The molecule has 0 aromatic heterocycles. The molecule has 0 aliphatic heterocycles. The Morgan fingerprint density at radius 2 is 1.07 bits per heavy atom. The maximum atomic E-state index is 12.5. The summed E-state index contributed by atoms with van der Waals surface area (Å²) in [6.07, 6.45) is 15.7. The van der Waals surface area contributed by atoms with E-state index in [1.807, 2.05) is 0 Å². The van der Waals surface area contributed by atoms with Gasteiger partial charge in [0, 0.05) is 44.9 Å². The number of hydrogen-bond donors (Lipinski definition) is 10. The third-order valence-electron chi connectivity index (χ3n) is 9.19. The molecular formula is C38H69B2N3O12. The number of hydrogen-bond acceptors (Lipinski definition) is 12. The molecule has 1 aromatic rings. The van der Waals surface area contributed by atoms with E-state index < -0.39 is 38.1 Å². The van der Waals surface area contributed by atoms with E-state index in [1.54, 1.807) is 7.05 Å². The van der Waals surface area contributed by atoms with Crippen LogP contribution < -0.4 is 27.3 Å². The predicted octanol–water partition coefficient (Wildman–Crippen LogP) is 1.66. The molecule has 1 rings (SSSR count). The summed E-state index contributed by atoms with van der Waals surface area (Å²) < 4.78 is 0. The molecule has 0 unspecified atom stereocenters. The number of aliphatic hydroxyl groups is 1. The summed E-state index contributed by atoms with van der Waals surface area (Å²) in [5.74, 6) is -3.39. The normalized spacial score (nSPS) is 11.6. The molecular weight excluding hydrogens is 712 g/mol. The minimum absolute atomic E-state index is 0.0265. The number of carboxylic acid groups (broad SMARTS) is 2. The van der Waals surface area contributed by atoms with Crippen LogP contribution in [0.15, 0.2) is 18.2 Å². The van der Waals surface area contributed by atoms with Crippen LogP contribution in [0.1, 0.15) is 145 Å². The summed E-state index contributed by atoms with van der Waals surface area (Å²) >= 11 is 0. The quantitative estimate of drug-likeness (QED) is 0.0283. The zero-order chi connectivity index (χ0) is 42.0. The van der Waals surface area contributed by atoms with Crippen molar-refractivity contribution in [1.82, 2.24) is 10.6 Å². The Morgan fingerprint density at radius 3 is 1.49 bits per heavy atom. The van der Waals surface area contributed by atoms with Gasteiger partial charge < -0.3 is 51.8 Å². The number of nitrogens with one attached hydrogen (secondary N) is 2. The van der Waals surface area contributed by atoms with Gasteiger partial charge in [0.1, 0.15) is 11.8 Å². The SMILES string of the molecule is CN.CN[C@@H](CCCCNC(=O)CC[C@H](CC(=O)CCCCCCCCCCCCCCCC(=O)c1cc(B(O)O)cc(B(O)O)c1)C(=O)O)C(=O)O.CO. The number of carboxylic acids is 2. The molecule has 0 saturated carbocycles. The molecule has 11 N–H and O–H groups in total. The summed E-state index contributed by atoms with van der Waals surface area (Å²) in [5.41, 5.74) is 4.82. The van der Waals surface area contributed by atoms with Crippen molar-refractivity contribution in [2.45, 2.75) is 141 Å². The van der Waals surface area contributed by atoms with Gasteiger partial charge in [0.05, 0.1) is 5.92 Å². The van der Waals surface area contributed by atoms with E-state index in [9.17, 15) is 49.2 Å². The van der Waals surface area contributed by atoms with Crippen LogP contribution in [0.25, 0.3) is 0 Å². The first-order valence-electron chi connectivity index (χ1n) is 19.7. The van der Waals surface area contributed by atoms with Gasteiger partial charge >= 0.3 is 26.2 Å². The molecule has 0 bridgehead atoms. The third kappa shape index (κ3) is 28.0. The standard InChI is InChI=1S/C36H60B2N2O11.CH5N.CH4O/c1-39-32(36(46)47)18-15-16-22-40-34(43)21-20-27(35(44)45)25-31(41)17-13-11-9-7-5-3-2-4-6-8-10-12-14-19-33(42)28-23-29(37(48)49)26-30(24-28)38(50)51;2*1-2/h23-24,26-27,32,39,48-51H,2-22,25H2,1H3,(H,40,43)(H,44,45)(H,46,47);2H2,1H3;2H,1H3/t27-,32+;;/m1../s1. The number of Topliss-reactive ketones (excluding diaryl/α,β-unsaturated/α-hetero) is 2. The molecule has 0 radical (unpaired) electrons. The highest BCUT2D eigenvalue weighted by atomic mass is 16.4. The van der Waals surface area contributed by atoms with Gasteiger partial charge in [0.15, 0.2) is 5.78 Å². The van der Waals surface area contributed by atoms with Gasteiger partial charge in [-0.1, -0.05) is 88.8 Å². The van der Waals surface area contributed by atoms with E-state index in [0.717, 1.165) is 77.7 Å². The highest BCUT2D eigenvalue weighted by Crippen LogP contribution is 2.17. The molecule has 0 saturated heterocycles. The second kappa shape index (κ2) is 35.2. The Labute approximate surface area is 328 Å². The van der Waals surface area contributed by atoms with E-state index in [2.05, 4.69) is 16.4 Å². The van der Waals surface area contributed by atoms with Gasteiger partial charge in [0.2, 0.25) is 5.91 Å². The number of likely N-dealkylation sites (N-methyl/N-ethyl adjacent to an activating group) is 1. The van der Waals surface area contributed by atoms with Crippen molar-refractivity contribution in [3.63, 3.8) is 0 Å². The molecule has 0 aliphatic carbocycles. The van der Waals surface area contributed by atoms with Gasteiger partial charge in [0.25, 0.3) is 0 Å². The second-order valence-electron chi connectivity index (χ2n) is 13.5. The summed E-state index contributed by atoms with van der Waals surface area (Å²) in [6.45, 7) is 0.389. The van der Waals surface area contributed by atoms with Crippen LogP contribution in [0.2, 0.25) is 0 Å². The van der Waals surface area contributed by atoms with Crippen LogP contribution in [0.3, 0.4) is 0 Å². The van der Waals surface area contributed by atoms with E-state index in [-0.39, 0.29) is 53.2 Å². The van der Waals surface area contributed by atoms with E-state index in [1.165, 1.54) is 31.7 Å². The molecule has 1 amide bonds. The molecule has 0 aliphatic rings. The lowest BCUT2D eigenvalue weighted by Crippen LogP contribution is -2.39. The highest BCUT2D eigenvalue weighted by molar-refractivity contribution is 6.62. The number of amides is 1. The lowest BCUT2D eigenvalue weighted by molar-refractivity contribution is -0.144. The largest absolute Gasteiger partial charge is 0.488 e. The third-order valence-corrected chi connectivity index (χ3v) is 9.19. The van der Waals surface area contributed by atoms with Gasteiger partial charge in [-0.2, -0.15) is 0 Å². The molecule has 15 nitrogen and oxygen atoms in total. The topological polar surface area (TPSA) is 277 Å². The van der Waals surface area contributed by atoms with E-state index in [0.29, 0.717) is 45.1 Å². The first-order valence-corrected chi connectivity index (χ1v) is 19.7. The Bertz CT molecular complexity index is 1180. The summed E-state index contributed by atoms with van der Waals surface area (Å²) in [5, 5.41) is 68.6. The molecule has 0 fully saturated rings. The van der Waals surface area contributed by atoms with Crippen molar-refractivity contribution in [1.29, 1.82) is 0 Å². The van der Waals surface area contributed by atoms with Crippen molar-refractivity contribution in [3.8, 4) is 0 Å². The maximum Gasteiger partial charge on any atom is 0.488 e. The zero-order valence-electron chi connectivity index (χ0n) is 33.3. The fourth-order valence-corrected chi connectivity index (χ4v) is 6.01. The average Bonchev–Trinajstić information content (AvgIpc) is 3.17. The van der Waals surface area contributed by atoms with Gasteiger partial charge in [-0.15, -0.1) is 0 Å². The summed E-state index contributed by atoms with van der Waals surface area (Å²) in [6, 6.07) is 3.36. The first-order chi connectivity index (χ1) is 26.3. The Balaban J connectivity index is 0. The number of benzene rings is 1. The smallest absolute Gasteiger partial charge is 0.481 e. The minimum Gasteiger partial charge on any atom is -0.481 e. The predicted molar refractivity (Wildman–Crippen MR) is 215 cm³/mol. The van der Waals surface area contributed by atoms with Crippen molar-refractivity contribution in [2.24, 2.45) is 11.7 Å². The number of unbranched alkanes of at least 4 members (excludes halogenated alkanes) is 13. The molecule has 314 valence electrons. The van der Waals surface area contributed by atoms with Crippen LogP contribution in [0, 0.1) is 5.92 Å². The molecule has 1 aromatic carbocycles. The fourth-order valence-electron chi connectivity index (χ4n) is 6.01. The molecule has 17 heteroatoms. The van der Waals surface area contributed by atoms with E-state index in [4.69, 9.17) is 10.2 Å². The Hall–Kier alpha value is -3.18. The molecule has 55 heavy (non-hydrogen) atoms. The summed E-state index contributed by atoms with van der Waals surface area (Å²) in [7, 11) is 0.478. The lowest BCUT2D eigenvalue weighted by atomic mass is 9.71. The van der Waals surface area contributed by atoms with Crippen LogP contribution >= 0.6 is 0 Å². The second-order valence-corrected chi connectivity index (χ2v) is 13.5. The summed E-state index contributed by atoms with van der Waals surface area (Å²) in [4.78, 5) is 59.7. The minimum atomic E-state index is -1.80. The number of rotatable bonds is 32. The first kappa shape index (κ1) is 53.9. The van der Waals surface area contributed by atoms with Crippen LogP contribution in [0.5, 0.6) is 0 Å². The number of aliphatic hydroxyl groups excluding tert-OH is 1. The van der Waals surface area contributed by atoms with Gasteiger partial charge in [-0.25, -0.2) is 0 Å². The van der Waals surface area contributed by atoms with Crippen molar-refractivity contribution < 1.29 is 59.4 Å². The fraction of sp³-hybridized carbons (Fsp3) is 0.711. The highest BCUT2D eigenvalue weighted by Gasteiger charge is 2.23. The number of aliphatic carboxylic acids is 2. The van der Waals surface area contributed by atoms with Gasteiger partial charge in [-0.3, -0.25) is 24.0 Å².